The third-order valence-electron chi connectivity index (χ3n) is 3.61. The van der Waals surface area contributed by atoms with Gasteiger partial charge in [0, 0.05) is 24.7 Å². The first-order valence-electron chi connectivity index (χ1n) is 5.88. The molecule has 0 unspecified atom stereocenters. The summed E-state index contributed by atoms with van der Waals surface area (Å²) in [6.45, 7) is 5.39. The van der Waals surface area contributed by atoms with Crippen LogP contribution in [0.4, 0.5) is 5.69 Å². The Morgan fingerprint density at radius 2 is 2.19 bits per heavy atom. The lowest BCUT2D eigenvalue weighted by molar-refractivity contribution is 0.777. The van der Waals surface area contributed by atoms with Gasteiger partial charge in [0.05, 0.1) is 11.2 Å². The molecule has 0 bridgehead atoms. The fourth-order valence-corrected chi connectivity index (χ4v) is 2.84. The van der Waals surface area contributed by atoms with Gasteiger partial charge in [-0.15, -0.1) is 0 Å². The van der Waals surface area contributed by atoms with Gasteiger partial charge in [-0.25, -0.2) is 0 Å². The van der Waals surface area contributed by atoms with Gasteiger partial charge < -0.3 is 5.32 Å². The molecule has 3 rings (SSSR count). The maximum Gasteiger partial charge on any atom is 0.0715 e. The van der Waals surface area contributed by atoms with Crippen LogP contribution in [0.1, 0.15) is 23.2 Å². The molecule has 3 heteroatoms. The van der Waals surface area contributed by atoms with Crippen LogP contribution in [0.15, 0.2) is 6.07 Å². The largest absolute Gasteiger partial charge is 0.385 e. The number of benzene rings is 1. The summed E-state index contributed by atoms with van der Waals surface area (Å²) < 4.78 is 2.01. The molecule has 2 heterocycles. The van der Waals surface area contributed by atoms with Crippen molar-refractivity contribution in [3.63, 3.8) is 0 Å². The van der Waals surface area contributed by atoms with E-state index >= 15 is 0 Å². The molecule has 0 aliphatic carbocycles. The minimum atomic E-state index is 1.09. The lowest BCUT2D eigenvalue weighted by atomic mass is 9.95. The van der Waals surface area contributed by atoms with Gasteiger partial charge in [-0.05, 0) is 43.9 Å². The van der Waals surface area contributed by atoms with Crippen molar-refractivity contribution >= 4 is 16.6 Å². The molecule has 0 fully saturated rings. The Morgan fingerprint density at radius 1 is 1.38 bits per heavy atom. The normalized spacial score (nSPS) is 14.9. The molecule has 1 aliphatic rings. The van der Waals surface area contributed by atoms with Crippen molar-refractivity contribution < 1.29 is 0 Å². The summed E-state index contributed by atoms with van der Waals surface area (Å²) in [4.78, 5) is 0. The summed E-state index contributed by atoms with van der Waals surface area (Å²) in [6, 6.07) is 2.26. The molecular weight excluding hydrogens is 198 g/mol. The molecule has 1 N–H and O–H groups in total. The van der Waals surface area contributed by atoms with Crippen LogP contribution in [0.2, 0.25) is 0 Å². The fraction of sp³-hybridized carbons (Fsp3) is 0.462. The quantitative estimate of drug-likeness (QED) is 0.732. The minimum Gasteiger partial charge on any atom is -0.385 e. The predicted molar refractivity (Wildman–Crippen MR) is 67.0 cm³/mol. The van der Waals surface area contributed by atoms with Gasteiger partial charge in [0.1, 0.15) is 0 Å². The molecule has 0 saturated heterocycles. The summed E-state index contributed by atoms with van der Waals surface area (Å²) in [7, 11) is 2.03. The Morgan fingerprint density at radius 3 is 3.00 bits per heavy atom. The van der Waals surface area contributed by atoms with Gasteiger partial charge in [0.25, 0.3) is 0 Å². The summed E-state index contributed by atoms with van der Waals surface area (Å²) >= 11 is 0. The maximum atomic E-state index is 4.51. The average molecular weight is 215 g/mol. The van der Waals surface area contributed by atoms with Gasteiger partial charge in [-0.1, -0.05) is 0 Å². The molecule has 0 spiro atoms. The van der Waals surface area contributed by atoms with Crippen LogP contribution < -0.4 is 5.32 Å². The molecule has 0 radical (unpaired) electrons. The number of hydrogen-bond acceptors (Lipinski definition) is 2. The number of anilines is 1. The highest BCUT2D eigenvalue weighted by atomic mass is 15.3. The number of hydrogen-bond donors (Lipinski definition) is 1. The summed E-state index contributed by atoms with van der Waals surface area (Å²) in [6.07, 6.45) is 2.42. The van der Waals surface area contributed by atoms with Crippen LogP contribution in [0.25, 0.3) is 10.9 Å². The monoisotopic (exact) mass is 215 g/mol. The van der Waals surface area contributed by atoms with Gasteiger partial charge >= 0.3 is 0 Å². The Labute approximate surface area is 95.5 Å². The highest BCUT2D eigenvalue weighted by molar-refractivity contribution is 5.90. The first-order valence-corrected chi connectivity index (χ1v) is 5.88. The lowest BCUT2D eigenvalue weighted by Gasteiger charge is -2.20. The number of nitrogens with one attached hydrogen (secondary N) is 1. The molecule has 1 aromatic heterocycles. The molecule has 0 saturated carbocycles. The van der Waals surface area contributed by atoms with Crippen LogP contribution in [-0.4, -0.2) is 16.3 Å². The topological polar surface area (TPSA) is 29.9 Å². The zero-order chi connectivity index (χ0) is 11.3. The first-order chi connectivity index (χ1) is 7.68. The SMILES string of the molecule is Cc1nn(C)c2c(C)c3c(cc12)NCCC3. The Kier molecular flexibility index (Phi) is 1.96. The summed E-state index contributed by atoms with van der Waals surface area (Å²) in [5.41, 5.74) is 6.59. The predicted octanol–water partition coefficient (Wildman–Crippen LogP) is 2.55. The van der Waals surface area contributed by atoms with Crippen LogP contribution >= 0.6 is 0 Å². The van der Waals surface area contributed by atoms with E-state index < -0.39 is 0 Å². The molecule has 84 valence electrons. The highest BCUT2D eigenvalue weighted by Gasteiger charge is 2.17. The number of aromatic nitrogens is 2. The van der Waals surface area contributed by atoms with Gasteiger partial charge in [-0.2, -0.15) is 5.10 Å². The van der Waals surface area contributed by atoms with E-state index in [4.69, 9.17) is 0 Å². The van der Waals surface area contributed by atoms with E-state index in [1.54, 1.807) is 0 Å². The van der Waals surface area contributed by atoms with Crippen molar-refractivity contribution in [1.82, 2.24) is 9.78 Å². The Hall–Kier alpha value is -1.51. The van der Waals surface area contributed by atoms with E-state index in [2.05, 4.69) is 30.3 Å². The number of rotatable bonds is 0. The average Bonchev–Trinajstić information content (AvgIpc) is 2.55. The molecule has 2 aromatic rings. The second kappa shape index (κ2) is 3.24. The van der Waals surface area contributed by atoms with E-state index in [9.17, 15) is 0 Å². The van der Waals surface area contributed by atoms with E-state index in [0.717, 1.165) is 12.2 Å². The second-order valence-corrected chi connectivity index (χ2v) is 4.66. The van der Waals surface area contributed by atoms with Crippen molar-refractivity contribution in [2.75, 3.05) is 11.9 Å². The smallest absolute Gasteiger partial charge is 0.0715 e. The van der Waals surface area contributed by atoms with Crippen molar-refractivity contribution in [2.45, 2.75) is 26.7 Å². The van der Waals surface area contributed by atoms with Crippen molar-refractivity contribution in [1.29, 1.82) is 0 Å². The van der Waals surface area contributed by atoms with E-state index in [0.29, 0.717) is 0 Å². The van der Waals surface area contributed by atoms with E-state index in [1.165, 1.54) is 40.6 Å². The fourth-order valence-electron chi connectivity index (χ4n) is 2.84. The van der Waals surface area contributed by atoms with E-state index in [1.807, 2.05) is 11.7 Å². The molecule has 16 heavy (non-hydrogen) atoms. The third kappa shape index (κ3) is 1.17. The standard InChI is InChI=1S/C13H17N3/c1-8-10-5-4-6-14-12(10)7-11-9(2)15-16(3)13(8)11/h7,14H,4-6H2,1-3H3. The summed E-state index contributed by atoms with van der Waals surface area (Å²) in [5.74, 6) is 0. The summed E-state index contributed by atoms with van der Waals surface area (Å²) in [5, 5.41) is 9.29. The van der Waals surface area contributed by atoms with Crippen LogP contribution in [0.5, 0.6) is 0 Å². The number of fused-ring (bicyclic) bond motifs is 2. The Balaban J connectivity index is 2.41. The molecule has 3 nitrogen and oxygen atoms in total. The molecular formula is C13H17N3. The molecule has 1 aromatic carbocycles. The van der Waals surface area contributed by atoms with E-state index in [-0.39, 0.29) is 0 Å². The molecule has 0 atom stereocenters. The lowest BCUT2D eigenvalue weighted by Crippen LogP contribution is -2.13. The third-order valence-corrected chi connectivity index (χ3v) is 3.61. The number of nitrogens with zero attached hydrogens (tertiary/aromatic N) is 2. The highest BCUT2D eigenvalue weighted by Crippen LogP contribution is 2.33. The van der Waals surface area contributed by atoms with Gasteiger partial charge in [0.2, 0.25) is 0 Å². The van der Waals surface area contributed by atoms with Gasteiger partial charge in [0.15, 0.2) is 0 Å². The molecule has 1 aliphatic heterocycles. The Bertz CT molecular complexity index is 566. The van der Waals surface area contributed by atoms with Crippen LogP contribution in [-0.2, 0) is 13.5 Å². The van der Waals surface area contributed by atoms with Gasteiger partial charge in [-0.3, -0.25) is 4.68 Å². The maximum absolute atomic E-state index is 4.51. The number of aryl methyl sites for hydroxylation is 3. The van der Waals surface area contributed by atoms with Crippen molar-refractivity contribution in [3.8, 4) is 0 Å². The van der Waals surface area contributed by atoms with Crippen molar-refractivity contribution in [2.24, 2.45) is 7.05 Å². The second-order valence-electron chi connectivity index (χ2n) is 4.66. The van der Waals surface area contributed by atoms with Crippen LogP contribution in [0, 0.1) is 13.8 Å². The van der Waals surface area contributed by atoms with Crippen LogP contribution in [0.3, 0.4) is 0 Å². The first kappa shape index (κ1) is 9.70. The zero-order valence-corrected chi connectivity index (χ0v) is 10.1. The van der Waals surface area contributed by atoms with Crippen molar-refractivity contribution in [3.05, 3.63) is 22.9 Å². The minimum absolute atomic E-state index is 1.09. The molecule has 0 amide bonds. The zero-order valence-electron chi connectivity index (χ0n) is 10.1.